The van der Waals surface area contributed by atoms with E-state index in [4.69, 9.17) is 9.97 Å². The van der Waals surface area contributed by atoms with Gasteiger partial charge in [0.25, 0.3) is 0 Å². The number of benzene rings is 3. The number of rotatable bonds is 8. The summed E-state index contributed by atoms with van der Waals surface area (Å²) in [7, 11) is -4.04. The molecule has 0 fully saturated rings. The maximum atomic E-state index is 14.0. The lowest BCUT2D eigenvalue weighted by atomic mass is 10.2. The second-order valence-corrected chi connectivity index (χ2v) is 10.5. The van der Waals surface area contributed by atoms with E-state index in [1.54, 1.807) is 47.0 Å². The number of nitrogens with zero attached hydrogens (tertiary/aromatic N) is 3. The summed E-state index contributed by atoms with van der Waals surface area (Å²) in [5.41, 5.74) is 2.74. The van der Waals surface area contributed by atoms with Crippen molar-refractivity contribution in [2.45, 2.75) is 36.1 Å². The van der Waals surface area contributed by atoms with Crippen molar-refractivity contribution in [2.75, 3.05) is 5.32 Å². The second kappa shape index (κ2) is 10.4. The third kappa shape index (κ3) is 4.88. The lowest BCUT2D eigenvalue weighted by molar-refractivity contribution is -0.111. The Morgan fingerprint density at radius 1 is 0.892 bits per heavy atom. The highest BCUT2D eigenvalue weighted by atomic mass is 32.2. The molecule has 0 bridgehead atoms. The van der Waals surface area contributed by atoms with Crippen molar-refractivity contribution < 1.29 is 13.2 Å². The molecular formula is C29H26N4O3S. The van der Waals surface area contributed by atoms with Crippen molar-refractivity contribution in [2.24, 2.45) is 0 Å². The molecule has 2 aromatic heterocycles. The summed E-state index contributed by atoms with van der Waals surface area (Å²) < 4.78 is 29.8. The Morgan fingerprint density at radius 3 is 2.19 bits per heavy atom. The van der Waals surface area contributed by atoms with Crippen LogP contribution in [-0.2, 0) is 21.2 Å². The van der Waals surface area contributed by atoms with Crippen LogP contribution in [0.4, 0.5) is 5.82 Å². The van der Waals surface area contributed by atoms with Gasteiger partial charge in [-0.15, -0.1) is 0 Å². The molecule has 37 heavy (non-hydrogen) atoms. The van der Waals surface area contributed by atoms with Crippen LogP contribution in [0.1, 0.15) is 25.3 Å². The molecule has 0 spiro atoms. The molecule has 0 saturated heterocycles. The van der Waals surface area contributed by atoms with Crippen molar-refractivity contribution in [3.63, 3.8) is 0 Å². The summed E-state index contributed by atoms with van der Waals surface area (Å²) >= 11 is 0. The highest BCUT2D eigenvalue weighted by Gasteiger charge is 2.32. The van der Waals surface area contributed by atoms with Crippen LogP contribution < -0.4 is 5.32 Å². The summed E-state index contributed by atoms with van der Waals surface area (Å²) in [4.78, 5) is 22.7. The summed E-state index contributed by atoms with van der Waals surface area (Å²) in [6.07, 6.45) is 4.73. The smallest absolute Gasteiger partial charge is 0.249 e. The predicted molar refractivity (Wildman–Crippen MR) is 146 cm³/mol. The fraction of sp³-hybridized carbons (Fsp3) is 0.138. The van der Waals surface area contributed by atoms with E-state index >= 15 is 0 Å². The third-order valence-corrected chi connectivity index (χ3v) is 7.85. The minimum atomic E-state index is -4.04. The SMILES string of the molecule is CCCCn1c(NC(=O)/C=C/c2ccccc2)c(S(=O)(=O)c2ccccc2)c2nc3ccccc3nc21. The van der Waals surface area contributed by atoms with E-state index in [1.165, 1.54) is 6.08 Å². The number of hydrogen-bond acceptors (Lipinski definition) is 5. The first kappa shape index (κ1) is 24.4. The van der Waals surface area contributed by atoms with Gasteiger partial charge in [-0.05, 0) is 42.3 Å². The highest BCUT2D eigenvalue weighted by molar-refractivity contribution is 7.92. The van der Waals surface area contributed by atoms with Crippen LogP contribution in [0, 0.1) is 0 Å². The van der Waals surface area contributed by atoms with Crippen LogP contribution in [0.3, 0.4) is 0 Å². The van der Waals surface area contributed by atoms with Gasteiger partial charge in [0.05, 0.1) is 15.9 Å². The van der Waals surface area contributed by atoms with Gasteiger partial charge in [-0.3, -0.25) is 4.79 Å². The fourth-order valence-electron chi connectivity index (χ4n) is 4.20. The van der Waals surface area contributed by atoms with Gasteiger partial charge in [-0.2, -0.15) is 0 Å². The summed E-state index contributed by atoms with van der Waals surface area (Å²) in [5, 5.41) is 2.86. The number of nitrogens with one attached hydrogen (secondary N) is 1. The van der Waals surface area contributed by atoms with E-state index in [0.717, 1.165) is 18.4 Å². The topological polar surface area (TPSA) is 94.0 Å². The van der Waals surface area contributed by atoms with Gasteiger partial charge < -0.3 is 9.88 Å². The number of fused-ring (bicyclic) bond motifs is 2. The van der Waals surface area contributed by atoms with E-state index in [2.05, 4.69) is 12.2 Å². The molecular weight excluding hydrogens is 484 g/mol. The Bertz CT molecular complexity index is 1710. The van der Waals surface area contributed by atoms with Gasteiger partial charge in [0.2, 0.25) is 15.7 Å². The standard InChI is InChI=1S/C29H26N4O3S/c1-2-3-20-33-28-26(30-23-16-10-11-17-24(23)31-28)27(37(35,36)22-14-8-5-9-15-22)29(33)32-25(34)19-18-21-12-6-4-7-13-21/h4-19H,2-3,20H2,1H3,(H,32,34)/b19-18+. The first-order chi connectivity index (χ1) is 18.0. The van der Waals surface area contributed by atoms with Crippen molar-refractivity contribution in [3.05, 3.63) is 96.6 Å². The number of carbonyl (C=O) groups is 1. The predicted octanol–water partition coefficient (Wildman–Crippen LogP) is 5.87. The molecule has 0 aliphatic carbocycles. The maximum absolute atomic E-state index is 14.0. The zero-order valence-corrected chi connectivity index (χ0v) is 21.2. The number of para-hydroxylation sites is 2. The minimum absolute atomic E-state index is 0.0514. The quantitative estimate of drug-likeness (QED) is 0.264. The Morgan fingerprint density at radius 2 is 1.51 bits per heavy atom. The van der Waals surface area contributed by atoms with Gasteiger partial charge in [-0.25, -0.2) is 18.4 Å². The minimum Gasteiger partial charge on any atom is -0.309 e. The molecule has 8 heteroatoms. The molecule has 2 heterocycles. The van der Waals surface area contributed by atoms with Crippen LogP contribution in [0.25, 0.3) is 28.3 Å². The number of aryl methyl sites for hydroxylation is 1. The average molecular weight is 511 g/mol. The van der Waals surface area contributed by atoms with E-state index in [1.807, 2.05) is 48.5 Å². The van der Waals surface area contributed by atoms with E-state index < -0.39 is 15.7 Å². The first-order valence-corrected chi connectivity index (χ1v) is 13.6. The molecule has 7 nitrogen and oxygen atoms in total. The van der Waals surface area contributed by atoms with Crippen molar-refractivity contribution in [3.8, 4) is 0 Å². The van der Waals surface area contributed by atoms with Crippen LogP contribution in [0.5, 0.6) is 0 Å². The van der Waals surface area contributed by atoms with E-state index in [-0.39, 0.29) is 21.1 Å². The average Bonchev–Trinajstić information content (AvgIpc) is 3.22. The van der Waals surface area contributed by atoms with E-state index in [9.17, 15) is 13.2 Å². The Balaban J connectivity index is 1.73. The molecule has 5 rings (SSSR count). The molecule has 0 atom stereocenters. The number of sulfone groups is 1. The fourth-order valence-corrected chi connectivity index (χ4v) is 5.75. The number of hydrogen-bond donors (Lipinski definition) is 1. The lowest BCUT2D eigenvalue weighted by Crippen LogP contribution is -2.16. The van der Waals surface area contributed by atoms with Gasteiger partial charge >= 0.3 is 0 Å². The van der Waals surface area contributed by atoms with Crippen LogP contribution in [0.15, 0.2) is 101 Å². The Labute approximate surface area is 215 Å². The molecule has 1 amide bonds. The number of aromatic nitrogens is 3. The van der Waals surface area contributed by atoms with Crippen molar-refractivity contribution in [1.82, 2.24) is 14.5 Å². The molecule has 1 N–H and O–H groups in total. The molecule has 3 aromatic carbocycles. The molecule has 0 radical (unpaired) electrons. The number of unbranched alkanes of at least 4 members (excludes halogenated alkanes) is 1. The van der Waals surface area contributed by atoms with Gasteiger partial charge in [0.15, 0.2) is 5.65 Å². The summed E-state index contributed by atoms with van der Waals surface area (Å²) in [6.45, 7) is 2.53. The Hall–Kier alpha value is -4.30. The van der Waals surface area contributed by atoms with Crippen LogP contribution in [-0.4, -0.2) is 28.9 Å². The van der Waals surface area contributed by atoms with Crippen LogP contribution >= 0.6 is 0 Å². The van der Waals surface area contributed by atoms with E-state index in [0.29, 0.717) is 23.2 Å². The number of anilines is 1. The molecule has 5 aromatic rings. The van der Waals surface area contributed by atoms with Crippen LogP contribution in [0.2, 0.25) is 0 Å². The van der Waals surface area contributed by atoms with Gasteiger partial charge in [-0.1, -0.05) is 74.0 Å². The molecule has 0 saturated carbocycles. The zero-order valence-electron chi connectivity index (χ0n) is 20.3. The van der Waals surface area contributed by atoms with Crippen molar-refractivity contribution >= 4 is 49.8 Å². The molecule has 0 aliphatic rings. The lowest BCUT2D eigenvalue weighted by Gasteiger charge is -2.12. The third-order valence-electron chi connectivity index (χ3n) is 6.03. The van der Waals surface area contributed by atoms with Crippen molar-refractivity contribution in [1.29, 1.82) is 0 Å². The molecule has 186 valence electrons. The van der Waals surface area contributed by atoms with Gasteiger partial charge in [0.1, 0.15) is 16.2 Å². The highest BCUT2D eigenvalue weighted by Crippen LogP contribution is 2.37. The normalized spacial score (nSPS) is 11.9. The monoisotopic (exact) mass is 510 g/mol. The summed E-state index contributed by atoms with van der Waals surface area (Å²) in [5.74, 6) is -0.274. The first-order valence-electron chi connectivity index (χ1n) is 12.1. The molecule has 0 unspecified atom stereocenters. The summed E-state index contributed by atoms with van der Waals surface area (Å²) in [6, 6.07) is 24.9. The second-order valence-electron chi connectivity index (χ2n) is 8.62. The maximum Gasteiger partial charge on any atom is 0.249 e. The Kier molecular flexibility index (Phi) is 6.83. The molecule has 0 aliphatic heterocycles. The number of amides is 1. The number of carbonyl (C=O) groups excluding carboxylic acids is 1. The largest absolute Gasteiger partial charge is 0.309 e. The zero-order chi connectivity index (χ0) is 25.8. The van der Waals surface area contributed by atoms with Gasteiger partial charge in [0, 0.05) is 12.6 Å².